The maximum Gasteiger partial charge on any atom is 0.230 e. The summed E-state index contributed by atoms with van der Waals surface area (Å²) in [6.07, 6.45) is 4.14. The number of hydrogen-bond donors (Lipinski definition) is 1. The molecule has 1 amide bonds. The molecule has 0 bridgehead atoms. The minimum Gasteiger partial charge on any atom is -0.326 e. The van der Waals surface area contributed by atoms with E-state index in [0.717, 1.165) is 25.7 Å². The van der Waals surface area contributed by atoms with Gasteiger partial charge in [-0.05, 0) is 31.9 Å². The first-order chi connectivity index (χ1) is 8.51. The Morgan fingerprint density at radius 1 is 1.22 bits per heavy atom. The van der Waals surface area contributed by atoms with Gasteiger partial charge in [-0.15, -0.1) is 0 Å². The summed E-state index contributed by atoms with van der Waals surface area (Å²) in [7, 11) is 0. The van der Waals surface area contributed by atoms with Crippen LogP contribution in [0.2, 0.25) is 0 Å². The van der Waals surface area contributed by atoms with Gasteiger partial charge in [0, 0.05) is 16.7 Å². The predicted octanol–water partition coefficient (Wildman–Crippen LogP) is 3.41. The number of benzene rings is 1. The Kier molecular flexibility index (Phi) is 3.50. The van der Waals surface area contributed by atoms with Crippen LogP contribution >= 0.6 is 0 Å². The summed E-state index contributed by atoms with van der Waals surface area (Å²) in [5.41, 5.74) is 1.09. The fourth-order valence-corrected chi connectivity index (χ4v) is 2.48. The van der Waals surface area contributed by atoms with Gasteiger partial charge >= 0.3 is 0 Å². The minimum atomic E-state index is -0.244. The summed E-state index contributed by atoms with van der Waals surface area (Å²) < 4.78 is 0. The van der Waals surface area contributed by atoms with Crippen molar-refractivity contribution in [1.82, 2.24) is 0 Å². The van der Waals surface area contributed by atoms with E-state index in [1.807, 2.05) is 13.0 Å². The zero-order valence-corrected chi connectivity index (χ0v) is 11.0. The molecule has 1 N–H and O–H groups in total. The number of carbonyl (C=O) groups excluding carboxylic acids is 2. The highest BCUT2D eigenvalue weighted by atomic mass is 16.2. The number of amides is 1. The van der Waals surface area contributed by atoms with Crippen LogP contribution in [-0.2, 0) is 4.79 Å². The summed E-state index contributed by atoms with van der Waals surface area (Å²) in [6.45, 7) is 3.55. The van der Waals surface area contributed by atoms with Gasteiger partial charge in [0.1, 0.15) is 0 Å². The molecule has 1 aliphatic rings. The highest BCUT2D eigenvalue weighted by Crippen LogP contribution is 2.38. The van der Waals surface area contributed by atoms with Gasteiger partial charge in [0.05, 0.1) is 0 Å². The van der Waals surface area contributed by atoms with Crippen LogP contribution in [0.5, 0.6) is 0 Å². The summed E-state index contributed by atoms with van der Waals surface area (Å²) in [5, 5.41) is 2.93. The Hall–Kier alpha value is -1.64. The second kappa shape index (κ2) is 4.92. The van der Waals surface area contributed by atoms with Gasteiger partial charge in [-0.2, -0.15) is 0 Å². The number of carbonyl (C=O) groups is 2. The molecule has 0 aliphatic heterocycles. The van der Waals surface area contributed by atoms with Crippen molar-refractivity contribution in [3.05, 3.63) is 29.8 Å². The Bertz CT molecular complexity index is 473. The zero-order valence-electron chi connectivity index (χ0n) is 11.0. The number of anilines is 1. The van der Waals surface area contributed by atoms with Gasteiger partial charge in [0.2, 0.25) is 5.91 Å². The Morgan fingerprint density at radius 2 is 1.89 bits per heavy atom. The molecule has 2 rings (SSSR count). The second-order valence-corrected chi connectivity index (χ2v) is 5.36. The van der Waals surface area contributed by atoms with Gasteiger partial charge < -0.3 is 5.32 Å². The maximum absolute atomic E-state index is 12.2. The van der Waals surface area contributed by atoms with Crippen LogP contribution in [0.3, 0.4) is 0 Å². The molecular weight excluding hydrogens is 226 g/mol. The average Bonchev–Trinajstić information content (AvgIpc) is 2.78. The second-order valence-electron chi connectivity index (χ2n) is 5.36. The molecule has 3 heteroatoms. The van der Waals surface area contributed by atoms with Gasteiger partial charge in [-0.3, -0.25) is 9.59 Å². The largest absolute Gasteiger partial charge is 0.326 e. The Balaban J connectivity index is 2.11. The Morgan fingerprint density at radius 3 is 2.50 bits per heavy atom. The van der Waals surface area contributed by atoms with Gasteiger partial charge in [0.25, 0.3) is 0 Å². The fraction of sp³-hybridized carbons (Fsp3) is 0.467. The van der Waals surface area contributed by atoms with Crippen LogP contribution in [-0.4, -0.2) is 11.7 Å². The molecule has 1 fully saturated rings. The number of Topliss-reactive ketones (excluding diaryl/α,β-unsaturated/α-hetero) is 1. The van der Waals surface area contributed by atoms with E-state index in [4.69, 9.17) is 0 Å². The van der Waals surface area contributed by atoms with Crippen molar-refractivity contribution in [2.24, 2.45) is 5.41 Å². The smallest absolute Gasteiger partial charge is 0.230 e. The molecule has 0 atom stereocenters. The molecular formula is C15H19NO2. The van der Waals surface area contributed by atoms with E-state index in [0.29, 0.717) is 11.3 Å². The van der Waals surface area contributed by atoms with Crippen molar-refractivity contribution in [3.8, 4) is 0 Å². The van der Waals surface area contributed by atoms with E-state index in [9.17, 15) is 9.59 Å². The van der Waals surface area contributed by atoms with E-state index < -0.39 is 0 Å². The molecule has 1 aromatic carbocycles. The molecule has 1 aromatic rings. The molecule has 0 heterocycles. The number of nitrogens with one attached hydrogen (secondary N) is 1. The number of hydrogen-bond acceptors (Lipinski definition) is 2. The SMILES string of the molecule is CC(=O)c1cccc(NC(=O)C2(C)CCCC2)c1. The Labute approximate surface area is 108 Å². The number of rotatable bonds is 3. The highest BCUT2D eigenvalue weighted by molar-refractivity contribution is 5.98. The minimum absolute atomic E-state index is 0.0122. The van der Waals surface area contributed by atoms with Gasteiger partial charge in [-0.25, -0.2) is 0 Å². The van der Waals surface area contributed by atoms with Crippen molar-refractivity contribution >= 4 is 17.4 Å². The lowest BCUT2D eigenvalue weighted by atomic mass is 9.88. The van der Waals surface area contributed by atoms with Crippen LogP contribution in [0.25, 0.3) is 0 Å². The molecule has 96 valence electrons. The van der Waals surface area contributed by atoms with Crippen LogP contribution in [0.15, 0.2) is 24.3 Å². The van der Waals surface area contributed by atoms with Crippen LogP contribution in [0.4, 0.5) is 5.69 Å². The summed E-state index contributed by atoms with van der Waals surface area (Å²) in [5.74, 6) is 0.0823. The lowest BCUT2D eigenvalue weighted by Gasteiger charge is -2.22. The topological polar surface area (TPSA) is 46.2 Å². The van der Waals surface area contributed by atoms with E-state index in [-0.39, 0.29) is 17.1 Å². The van der Waals surface area contributed by atoms with E-state index >= 15 is 0 Å². The van der Waals surface area contributed by atoms with Crippen molar-refractivity contribution in [3.63, 3.8) is 0 Å². The van der Waals surface area contributed by atoms with Crippen molar-refractivity contribution < 1.29 is 9.59 Å². The van der Waals surface area contributed by atoms with Gasteiger partial charge in [-0.1, -0.05) is 31.9 Å². The molecule has 0 saturated heterocycles. The van der Waals surface area contributed by atoms with Gasteiger partial charge in [0.15, 0.2) is 5.78 Å². The van der Waals surface area contributed by atoms with Crippen LogP contribution < -0.4 is 5.32 Å². The first kappa shape index (κ1) is 12.8. The molecule has 3 nitrogen and oxygen atoms in total. The van der Waals surface area contributed by atoms with Crippen LogP contribution in [0, 0.1) is 5.41 Å². The first-order valence-corrected chi connectivity index (χ1v) is 6.44. The monoisotopic (exact) mass is 245 g/mol. The third kappa shape index (κ3) is 2.61. The van der Waals surface area contributed by atoms with E-state index in [1.54, 1.807) is 18.2 Å². The van der Waals surface area contributed by atoms with Crippen molar-refractivity contribution in [1.29, 1.82) is 0 Å². The quantitative estimate of drug-likeness (QED) is 0.829. The first-order valence-electron chi connectivity index (χ1n) is 6.44. The molecule has 1 aliphatic carbocycles. The average molecular weight is 245 g/mol. The predicted molar refractivity (Wildman–Crippen MR) is 71.7 cm³/mol. The van der Waals surface area contributed by atoms with E-state index in [1.165, 1.54) is 6.92 Å². The highest BCUT2D eigenvalue weighted by Gasteiger charge is 2.36. The fourth-order valence-electron chi connectivity index (χ4n) is 2.48. The summed E-state index contributed by atoms with van der Waals surface area (Å²) in [6, 6.07) is 7.11. The normalized spacial score (nSPS) is 17.4. The molecule has 18 heavy (non-hydrogen) atoms. The lowest BCUT2D eigenvalue weighted by Crippen LogP contribution is -2.30. The molecule has 0 unspecified atom stereocenters. The lowest BCUT2D eigenvalue weighted by molar-refractivity contribution is -0.124. The molecule has 0 aromatic heterocycles. The molecule has 1 saturated carbocycles. The van der Waals surface area contributed by atoms with Crippen molar-refractivity contribution in [2.45, 2.75) is 39.5 Å². The van der Waals surface area contributed by atoms with E-state index in [2.05, 4.69) is 5.32 Å². The third-order valence-electron chi connectivity index (χ3n) is 3.78. The summed E-state index contributed by atoms with van der Waals surface area (Å²) >= 11 is 0. The van der Waals surface area contributed by atoms with Crippen molar-refractivity contribution in [2.75, 3.05) is 5.32 Å². The standard InChI is InChI=1S/C15H19NO2/c1-11(17)12-6-5-7-13(10-12)16-14(18)15(2)8-3-4-9-15/h5-7,10H,3-4,8-9H2,1-2H3,(H,16,18). The molecule has 0 spiro atoms. The maximum atomic E-state index is 12.2. The summed E-state index contributed by atoms with van der Waals surface area (Å²) in [4.78, 5) is 23.5. The zero-order chi connectivity index (χ0) is 13.2. The van der Waals surface area contributed by atoms with Crippen LogP contribution in [0.1, 0.15) is 49.9 Å². The molecule has 0 radical (unpaired) electrons. The third-order valence-corrected chi connectivity index (χ3v) is 3.78. The number of ketones is 1.